The van der Waals surface area contributed by atoms with Crippen molar-refractivity contribution in [2.75, 3.05) is 19.0 Å². The lowest BCUT2D eigenvalue weighted by atomic mass is 10.5. The maximum Gasteiger partial charge on any atom is 0.365 e. The monoisotopic (exact) mass is 191 g/mol. The first-order valence-corrected chi connectivity index (χ1v) is 4.32. The van der Waals surface area contributed by atoms with Gasteiger partial charge in [0.15, 0.2) is 0 Å². The van der Waals surface area contributed by atoms with E-state index in [1.807, 2.05) is 0 Å². The van der Waals surface area contributed by atoms with Crippen LogP contribution >= 0.6 is 11.6 Å². The molecule has 1 heterocycles. The van der Waals surface area contributed by atoms with E-state index in [1.54, 1.807) is 0 Å². The van der Waals surface area contributed by atoms with Crippen molar-refractivity contribution in [1.82, 2.24) is 16.2 Å². The Kier molecular flexibility index (Phi) is 3.66. The fourth-order valence-corrected chi connectivity index (χ4v) is 0.978. The molecule has 1 aliphatic rings. The number of alkyl halides is 1. The zero-order valence-electron chi connectivity index (χ0n) is 6.61. The summed E-state index contributed by atoms with van der Waals surface area (Å²) in [7, 11) is 0. The number of rotatable bonds is 2. The van der Waals surface area contributed by atoms with Crippen molar-refractivity contribution >= 4 is 23.5 Å². The minimum absolute atomic E-state index is 0.118. The van der Waals surface area contributed by atoms with Gasteiger partial charge in [-0.3, -0.25) is 15.1 Å². The van der Waals surface area contributed by atoms with E-state index >= 15 is 0 Å². The van der Waals surface area contributed by atoms with E-state index < -0.39 is 0 Å². The third kappa shape index (κ3) is 2.96. The Morgan fingerprint density at radius 1 is 1.75 bits per heavy atom. The van der Waals surface area contributed by atoms with Crippen LogP contribution in [0.25, 0.3) is 0 Å². The van der Waals surface area contributed by atoms with Gasteiger partial charge in [0.1, 0.15) is 0 Å². The van der Waals surface area contributed by atoms with Gasteiger partial charge in [-0.1, -0.05) is 0 Å². The normalized spacial score (nSPS) is 14.9. The number of amides is 1. The molecule has 1 rings (SSSR count). The molecule has 0 bridgehead atoms. The largest absolute Gasteiger partial charge is 0.365 e. The first-order chi connectivity index (χ1) is 5.83. The van der Waals surface area contributed by atoms with E-state index in [0.717, 1.165) is 19.0 Å². The molecule has 0 radical (unpaired) electrons. The van der Waals surface area contributed by atoms with Crippen LogP contribution in [0, 0.1) is 0 Å². The third-order valence-electron chi connectivity index (χ3n) is 1.38. The fourth-order valence-electron chi connectivity index (χ4n) is 0.806. The van der Waals surface area contributed by atoms with Crippen LogP contribution in [-0.2, 0) is 4.79 Å². The van der Waals surface area contributed by atoms with Gasteiger partial charge in [0, 0.05) is 12.3 Å². The van der Waals surface area contributed by atoms with E-state index in [4.69, 9.17) is 11.6 Å². The summed E-state index contributed by atoms with van der Waals surface area (Å²) in [5.74, 6) is 0.954. The minimum atomic E-state index is -0.118. The van der Waals surface area contributed by atoms with Gasteiger partial charge in [-0.2, -0.15) is 5.43 Å². The lowest BCUT2D eigenvalue weighted by Gasteiger charge is -2.00. The van der Waals surface area contributed by atoms with Crippen LogP contribution in [0.1, 0.15) is 6.42 Å². The molecule has 5 nitrogen and oxygen atoms in total. The summed E-state index contributed by atoms with van der Waals surface area (Å²) in [5, 5.41) is 3.00. The predicted molar refractivity (Wildman–Crippen MR) is 45.5 cm³/mol. The fraction of sp³-hybridized carbons (Fsp3) is 0.667. The number of nitrogens with one attached hydrogen (secondary N) is 4. The molecule has 0 fully saturated rings. The summed E-state index contributed by atoms with van der Waals surface area (Å²) in [6, 6.07) is 0. The zero-order chi connectivity index (χ0) is 8.81. The van der Waals surface area contributed by atoms with Crippen LogP contribution in [0.2, 0.25) is 0 Å². The Balaban J connectivity index is 2.12. The molecule has 1 aliphatic heterocycles. The highest BCUT2D eigenvalue weighted by atomic mass is 35.5. The smallest absolute Gasteiger partial charge is 0.273 e. The number of guanidine groups is 1. The van der Waals surface area contributed by atoms with E-state index in [0.29, 0.717) is 12.3 Å². The predicted octanol–water partition coefficient (Wildman–Crippen LogP) is -2.72. The molecule has 0 saturated heterocycles. The Hall–Kier alpha value is -0.970. The molecule has 0 aromatic heterocycles. The lowest BCUT2D eigenvalue weighted by molar-refractivity contribution is -0.447. The van der Waals surface area contributed by atoms with Crippen LogP contribution in [0.3, 0.4) is 0 Å². The van der Waals surface area contributed by atoms with E-state index in [1.165, 1.54) is 0 Å². The zero-order valence-corrected chi connectivity index (χ0v) is 7.37. The van der Waals surface area contributed by atoms with Crippen LogP contribution in [0.5, 0.6) is 0 Å². The van der Waals surface area contributed by atoms with Gasteiger partial charge in [0.05, 0.1) is 13.1 Å². The van der Waals surface area contributed by atoms with Gasteiger partial charge in [0.25, 0.3) is 0 Å². The summed E-state index contributed by atoms with van der Waals surface area (Å²) < 4.78 is 0. The molecule has 1 amide bonds. The average molecular weight is 192 g/mol. The van der Waals surface area contributed by atoms with Gasteiger partial charge >= 0.3 is 5.96 Å². The molecule has 0 atom stereocenters. The van der Waals surface area contributed by atoms with Crippen LogP contribution < -0.4 is 21.2 Å². The van der Waals surface area contributed by atoms with Crippen molar-refractivity contribution in [3.8, 4) is 0 Å². The van der Waals surface area contributed by atoms with Crippen LogP contribution in [-0.4, -0.2) is 30.8 Å². The molecule has 0 unspecified atom stereocenters. The van der Waals surface area contributed by atoms with Crippen molar-refractivity contribution in [1.29, 1.82) is 0 Å². The molecule has 0 aromatic rings. The highest BCUT2D eigenvalue weighted by Gasteiger charge is 2.11. The van der Waals surface area contributed by atoms with Gasteiger partial charge < -0.3 is 0 Å². The first-order valence-electron chi connectivity index (χ1n) is 3.78. The summed E-state index contributed by atoms with van der Waals surface area (Å²) in [6.45, 7) is 1.74. The second-order valence-corrected chi connectivity index (χ2v) is 2.72. The van der Waals surface area contributed by atoms with Crippen LogP contribution in [0.4, 0.5) is 0 Å². The molecular weight excluding hydrogens is 180 g/mol. The Bertz CT molecular complexity index is 194. The number of hydrogen-bond donors (Lipinski definition) is 4. The Labute approximate surface area is 75.5 Å². The molecule has 6 heteroatoms. The van der Waals surface area contributed by atoms with Gasteiger partial charge in [-0.15, -0.1) is 11.6 Å². The lowest BCUT2D eigenvalue weighted by Crippen LogP contribution is -2.75. The maximum absolute atomic E-state index is 10.9. The topological polar surface area (TPSA) is 67.1 Å². The molecule has 0 aliphatic carbocycles. The first kappa shape index (κ1) is 9.12. The highest BCUT2D eigenvalue weighted by molar-refractivity contribution is 6.18. The summed E-state index contributed by atoms with van der Waals surface area (Å²) in [4.78, 5) is 13.9. The van der Waals surface area contributed by atoms with Crippen LogP contribution in [0.15, 0.2) is 0 Å². The maximum atomic E-state index is 10.9. The van der Waals surface area contributed by atoms with Crippen molar-refractivity contribution in [2.45, 2.75) is 6.42 Å². The van der Waals surface area contributed by atoms with Gasteiger partial charge in [0.2, 0.25) is 5.91 Å². The van der Waals surface area contributed by atoms with Gasteiger partial charge in [-0.05, 0) is 0 Å². The average Bonchev–Trinajstić information content (AvgIpc) is 2.53. The summed E-state index contributed by atoms with van der Waals surface area (Å²) >= 11 is 5.37. The minimum Gasteiger partial charge on any atom is -0.273 e. The Morgan fingerprint density at radius 3 is 3.17 bits per heavy atom. The van der Waals surface area contributed by atoms with Gasteiger partial charge in [-0.25, -0.2) is 5.43 Å². The number of carbonyl (C=O) groups is 1. The van der Waals surface area contributed by atoms with Crippen molar-refractivity contribution in [3.05, 3.63) is 0 Å². The number of hydrogen-bond acceptors (Lipinski definition) is 3. The van der Waals surface area contributed by atoms with Crippen molar-refractivity contribution in [2.24, 2.45) is 0 Å². The summed E-state index contributed by atoms with van der Waals surface area (Å²) in [6.07, 6.45) is 0.321. The number of halogens is 1. The van der Waals surface area contributed by atoms with E-state index in [9.17, 15) is 4.79 Å². The molecule has 0 aromatic carbocycles. The molecule has 12 heavy (non-hydrogen) atoms. The molecular formula is C6H12ClN4O+. The number of hydrazine groups is 1. The molecule has 68 valence electrons. The Morgan fingerprint density at radius 2 is 2.58 bits per heavy atom. The van der Waals surface area contributed by atoms with Crippen molar-refractivity contribution < 1.29 is 9.79 Å². The summed E-state index contributed by atoms with van der Waals surface area (Å²) in [5.41, 5.74) is 5.19. The second-order valence-electron chi connectivity index (χ2n) is 2.34. The second kappa shape index (κ2) is 4.82. The van der Waals surface area contributed by atoms with E-state index in [-0.39, 0.29) is 5.91 Å². The standard InChI is InChI=1S/C6H11ClN4O/c7-2-1-5(12)10-11-6-8-3-4-9-6/h1-4H2,(H,10,12)(H2,8,9,11)/p+1. The quantitative estimate of drug-likeness (QED) is 0.283. The van der Waals surface area contributed by atoms with Crippen molar-refractivity contribution in [3.63, 3.8) is 0 Å². The third-order valence-corrected chi connectivity index (χ3v) is 1.57. The molecule has 4 N–H and O–H groups in total. The molecule has 0 spiro atoms. The number of carbonyl (C=O) groups excluding carboxylic acids is 1. The van der Waals surface area contributed by atoms with E-state index in [2.05, 4.69) is 21.2 Å². The molecule has 0 saturated carbocycles. The SMILES string of the molecule is O=C(CCCl)NNC1=[NH+]CCN1. The highest BCUT2D eigenvalue weighted by Crippen LogP contribution is 1.81.